The predicted molar refractivity (Wildman–Crippen MR) is 91.8 cm³/mol. The van der Waals surface area contributed by atoms with Crippen molar-refractivity contribution >= 4 is 27.0 Å². The summed E-state index contributed by atoms with van der Waals surface area (Å²) in [6.07, 6.45) is 2.28. The number of hydrogen-bond acceptors (Lipinski definition) is 4. The first-order valence-electron chi connectivity index (χ1n) is 7.34. The zero-order chi connectivity index (χ0) is 16.4. The number of nitrogens with zero attached hydrogens (tertiary/aromatic N) is 4. The Labute approximate surface area is 141 Å². The van der Waals surface area contributed by atoms with Crippen molar-refractivity contribution in [2.45, 2.75) is 19.9 Å². The molecule has 0 aliphatic rings. The lowest BCUT2D eigenvalue weighted by Crippen LogP contribution is -2.21. The molecule has 0 saturated heterocycles. The van der Waals surface area contributed by atoms with Crippen molar-refractivity contribution in [1.29, 1.82) is 0 Å². The molecule has 2 aromatic heterocycles. The van der Waals surface area contributed by atoms with Crippen LogP contribution >= 0.6 is 15.9 Å². The first-order chi connectivity index (χ1) is 11.1. The van der Waals surface area contributed by atoms with E-state index in [2.05, 4.69) is 26.0 Å². The maximum atomic E-state index is 12.5. The minimum Gasteiger partial charge on any atom is -0.493 e. The summed E-state index contributed by atoms with van der Waals surface area (Å²) < 4.78 is 9.46. The standard InChI is InChI=1S/C16H17BrN4O2/c1-11-6-3-4-7-12(11)23-9-5-8-21-10-18-15-13(16(21)22)14(17)19-20(15)2/h3-4,6-7,10H,5,8-9H2,1-2H3. The molecule has 3 aromatic rings. The summed E-state index contributed by atoms with van der Waals surface area (Å²) in [6, 6.07) is 7.89. The van der Waals surface area contributed by atoms with Gasteiger partial charge < -0.3 is 4.74 Å². The van der Waals surface area contributed by atoms with E-state index in [1.54, 1.807) is 22.6 Å². The van der Waals surface area contributed by atoms with E-state index in [1.807, 2.05) is 31.2 Å². The lowest BCUT2D eigenvalue weighted by Gasteiger charge is -2.09. The van der Waals surface area contributed by atoms with E-state index >= 15 is 0 Å². The second-order valence-electron chi connectivity index (χ2n) is 5.32. The van der Waals surface area contributed by atoms with Crippen LogP contribution in [-0.4, -0.2) is 25.9 Å². The summed E-state index contributed by atoms with van der Waals surface area (Å²) in [6.45, 7) is 3.11. The zero-order valence-electron chi connectivity index (χ0n) is 13.0. The maximum absolute atomic E-state index is 12.5. The minimum absolute atomic E-state index is 0.0918. The van der Waals surface area contributed by atoms with Crippen LogP contribution < -0.4 is 10.3 Å². The first-order valence-corrected chi connectivity index (χ1v) is 8.13. The van der Waals surface area contributed by atoms with Crippen LogP contribution in [0, 0.1) is 6.92 Å². The van der Waals surface area contributed by atoms with Crippen LogP contribution in [0.4, 0.5) is 0 Å². The molecule has 6 nitrogen and oxygen atoms in total. The molecule has 120 valence electrons. The SMILES string of the molecule is Cc1ccccc1OCCCn1cnc2c(c(Br)nn2C)c1=O. The van der Waals surface area contributed by atoms with Crippen molar-refractivity contribution in [3.8, 4) is 5.75 Å². The fourth-order valence-electron chi connectivity index (χ4n) is 2.43. The predicted octanol–water partition coefficient (Wildman–Crippen LogP) is 2.67. The molecule has 0 N–H and O–H groups in total. The van der Waals surface area contributed by atoms with Gasteiger partial charge in [-0.15, -0.1) is 0 Å². The second-order valence-corrected chi connectivity index (χ2v) is 6.07. The highest BCUT2D eigenvalue weighted by Crippen LogP contribution is 2.17. The largest absolute Gasteiger partial charge is 0.493 e. The van der Waals surface area contributed by atoms with Gasteiger partial charge in [0.25, 0.3) is 5.56 Å². The number of ether oxygens (including phenoxy) is 1. The number of benzene rings is 1. The number of hydrogen-bond donors (Lipinski definition) is 0. The minimum atomic E-state index is -0.0918. The summed E-state index contributed by atoms with van der Waals surface area (Å²) in [7, 11) is 1.76. The Bertz CT molecular complexity index is 901. The number of fused-ring (bicyclic) bond motifs is 1. The number of rotatable bonds is 5. The Morgan fingerprint density at radius 3 is 2.87 bits per heavy atom. The molecule has 3 rings (SSSR count). The van der Waals surface area contributed by atoms with Crippen LogP contribution in [-0.2, 0) is 13.6 Å². The molecule has 0 aliphatic carbocycles. The molecule has 0 radical (unpaired) electrons. The van der Waals surface area contributed by atoms with Gasteiger partial charge in [-0.25, -0.2) is 9.67 Å². The first kappa shape index (κ1) is 15.7. The summed E-state index contributed by atoms with van der Waals surface area (Å²) in [5.41, 5.74) is 1.59. The highest BCUT2D eigenvalue weighted by molar-refractivity contribution is 9.10. The van der Waals surface area contributed by atoms with Gasteiger partial charge in [0, 0.05) is 13.6 Å². The molecule has 23 heavy (non-hydrogen) atoms. The number of aryl methyl sites for hydroxylation is 3. The Balaban J connectivity index is 1.68. The number of aromatic nitrogens is 4. The molecule has 0 bridgehead atoms. The zero-order valence-corrected chi connectivity index (χ0v) is 14.6. The Morgan fingerprint density at radius 2 is 2.09 bits per heavy atom. The van der Waals surface area contributed by atoms with Gasteiger partial charge in [-0.3, -0.25) is 9.36 Å². The molecular weight excluding hydrogens is 360 g/mol. The Kier molecular flexibility index (Phi) is 4.47. The van der Waals surface area contributed by atoms with Gasteiger partial charge in [0.15, 0.2) is 5.65 Å². The average molecular weight is 377 g/mol. The van der Waals surface area contributed by atoms with Crippen molar-refractivity contribution in [1.82, 2.24) is 19.3 Å². The lowest BCUT2D eigenvalue weighted by molar-refractivity contribution is 0.299. The summed E-state index contributed by atoms with van der Waals surface area (Å²) in [5, 5.41) is 4.68. The summed E-state index contributed by atoms with van der Waals surface area (Å²) >= 11 is 3.31. The smallest absolute Gasteiger partial charge is 0.265 e. The van der Waals surface area contributed by atoms with Gasteiger partial charge in [-0.05, 0) is 40.9 Å². The lowest BCUT2D eigenvalue weighted by atomic mass is 10.2. The quantitative estimate of drug-likeness (QED) is 0.642. The molecule has 0 fully saturated rings. The molecule has 0 atom stereocenters. The topological polar surface area (TPSA) is 61.9 Å². The van der Waals surface area contributed by atoms with E-state index in [9.17, 15) is 4.79 Å². The van der Waals surface area contributed by atoms with Crippen LogP contribution in [0.15, 0.2) is 40.0 Å². The highest BCUT2D eigenvalue weighted by atomic mass is 79.9. The van der Waals surface area contributed by atoms with Gasteiger partial charge in [0.1, 0.15) is 15.7 Å². The molecule has 0 unspecified atom stereocenters. The fourth-order valence-corrected chi connectivity index (χ4v) is 3.02. The van der Waals surface area contributed by atoms with Crippen LogP contribution in [0.1, 0.15) is 12.0 Å². The van der Waals surface area contributed by atoms with Crippen molar-refractivity contribution in [2.75, 3.05) is 6.61 Å². The van der Waals surface area contributed by atoms with Crippen molar-refractivity contribution < 1.29 is 4.74 Å². The molecule has 0 saturated carbocycles. The molecule has 0 spiro atoms. The molecule has 0 amide bonds. The highest BCUT2D eigenvalue weighted by Gasteiger charge is 2.13. The van der Waals surface area contributed by atoms with Crippen LogP contribution in [0.2, 0.25) is 0 Å². The molecule has 2 heterocycles. The van der Waals surface area contributed by atoms with Crippen molar-refractivity contribution in [3.63, 3.8) is 0 Å². The normalized spacial score (nSPS) is 11.1. The third-order valence-electron chi connectivity index (χ3n) is 3.66. The summed E-state index contributed by atoms with van der Waals surface area (Å²) in [4.78, 5) is 16.8. The van der Waals surface area contributed by atoms with Gasteiger partial charge in [-0.1, -0.05) is 18.2 Å². The van der Waals surface area contributed by atoms with Gasteiger partial charge in [-0.2, -0.15) is 5.10 Å². The monoisotopic (exact) mass is 376 g/mol. The second kappa shape index (κ2) is 6.54. The number of para-hydroxylation sites is 1. The fraction of sp³-hybridized carbons (Fsp3) is 0.312. The molecule has 1 aromatic carbocycles. The third-order valence-corrected chi connectivity index (χ3v) is 4.22. The van der Waals surface area contributed by atoms with Crippen LogP contribution in [0.5, 0.6) is 5.75 Å². The Morgan fingerprint density at radius 1 is 1.30 bits per heavy atom. The van der Waals surface area contributed by atoms with E-state index in [0.717, 1.165) is 17.7 Å². The van der Waals surface area contributed by atoms with Crippen molar-refractivity contribution in [2.24, 2.45) is 7.05 Å². The van der Waals surface area contributed by atoms with E-state index in [1.165, 1.54) is 0 Å². The molecular formula is C16H17BrN4O2. The van der Waals surface area contributed by atoms with Crippen LogP contribution in [0.3, 0.4) is 0 Å². The molecule has 7 heteroatoms. The van der Waals surface area contributed by atoms with E-state index < -0.39 is 0 Å². The maximum Gasteiger partial charge on any atom is 0.265 e. The van der Waals surface area contributed by atoms with E-state index in [-0.39, 0.29) is 5.56 Å². The Hall–Kier alpha value is -2.15. The van der Waals surface area contributed by atoms with E-state index in [0.29, 0.717) is 28.8 Å². The summed E-state index contributed by atoms with van der Waals surface area (Å²) in [5.74, 6) is 0.878. The van der Waals surface area contributed by atoms with E-state index in [4.69, 9.17) is 4.74 Å². The molecule has 0 aliphatic heterocycles. The van der Waals surface area contributed by atoms with Crippen molar-refractivity contribution in [3.05, 3.63) is 51.1 Å². The van der Waals surface area contributed by atoms with Gasteiger partial charge in [0.05, 0.1) is 12.9 Å². The third kappa shape index (κ3) is 3.14. The average Bonchev–Trinajstić information content (AvgIpc) is 2.82. The van der Waals surface area contributed by atoms with Gasteiger partial charge in [0.2, 0.25) is 0 Å². The van der Waals surface area contributed by atoms with Gasteiger partial charge >= 0.3 is 0 Å². The number of halogens is 1. The van der Waals surface area contributed by atoms with Crippen LogP contribution in [0.25, 0.3) is 11.0 Å².